The maximum absolute atomic E-state index is 3.49. The summed E-state index contributed by atoms with van der Waals surface area (Å²) >= 11 is 0. The monoisotopic (exact) mass is 209 g/mol. The van der Waals surface area contributed by atoms with E-state index in [0.717, 1.165) is 0 Å². The van der Waals surface area contributed by atoms with E-state index in [-0.39, 0.29) is 0 Å². The van der Waals surface area contributed by atoms with E-state index in [4.69, 9.17) is 0 Å². The molecule has 1 heterocycles. The van der Waals surface area contributed by atoms with Crippen molar-refractivity contribution in [2.45, 2.75) is 20.8 Å². The van der Waals surface area contributed by atoms with E-state index in [1.54, 1.807) is 0 Å². The van der Waals surface area contributed by atoms with E-state index < -0.39 is 0 Å². The molecular weight excluding hydrogens is 194 g/mol. The fraction of sp³-hybridized carbons (Fsp3) is 0.200. The van der Waals surface area contributed by atoms with Gasteiger partial charge in [-0.25, -0.2) is 0 Å². The molecule has 1 heteroatoms. The lowest BCUT2D eigenvalue weighted by Gasteiger charge is -1.99. The average molecular weight is 209 g/mol. The van der Waals surface area contributed by atoms with E-state index in [2.05, 4.69) is 56.1 Å². The molecule has 0 fully saturated rings. The van der Waals surface area contributed by atoms with Crippen LogP contribution in [-0.4, -0.2) is 4.98 Å². The lowest BCUT2D eigenvalue weighted by Crippen LogP contribution is -1.79. The summed E-state index contributed by atoms with van der Waals surface area (Å²) in [5.74, 6) is 0. The maximum Gasteiger partial charge on any atom is 0.0467 e. The van der Waals surface area contributed by atoms with E-state index in [9.17, 15) is 0 Å². The SMILES string of the molecule is Cc1ccc2c(c1)[nH]c1cc(C)c(C)cc12. The summed E-state index contributed by atoms with van der Waals surface area (Å²) in [5.41, 5.74) is 6.47. The zero-order chi connectivity index (χ0) is 11.3. The summed E-state index contributed by atoms with van der Waals surface area (Å²) < 4.78 is 0. The molecule has 0 aliphatic carbocycles. The van der Waals surface area contributed by atoms with Gasteiger partial charge in [-0.15, -0.1) is 0 Å². The number of rotatable bonds is 0. The van der Waals surface area contributed by atoms with Crippen LogP contribution in [0.2, 0.25) is 0 Å². The van der Waals surface area contributed by atoms with Crippen LogP contribution < -0.4 is 0 Å². The number of hydrogen-bond donors (Lipinski definition) is 1. The summed E-state index contributed by atoms with van der Waals surface area (Å²) in [4.78, 5) is 3.49. The predicted molar refractivity (Wildman–Crippen MR) is 70.0 cm³/mol. The quantitative estimate of drug-likeness (QED) is 0.569. The van der Waals surface area contributed by atoms with Gasteiger partial charge in [0.05, 0.1) is 0 Å². The number of benzene rings is 2. The Kier molecular flexibility index (Phi) is 1.84. The molecule has 0 spiro atoms. The smallest absolute Gasteiger partial charge is 0.0467 e. The van der Waals surface area contributed by atoms with Crippen molar-refractivity contribution in [1.82, 2.24) is 4.98 Å². The zero-order valence-electron chi connectivity index (χ0n) is 9.89. The van der Waals surface area contributed by atoms with Crippen molar-refractivity contribution in [3.63, 3.8) is 0 Å². The second-order valence-corrected chi connectivity index (χ2v) is 4.66. The molecule has 0 atom stereocenters. The highest BCUT2D eigenvalue weighted by molar-refractivity contribution is 6.07. The highest BCUT2D eigenvalue weighted by atomic mass is 14.7. The number of hydrogen-bond acceptors (Lipinski definition) is 0. The summed E-state index contributed by atoms with van der Waals surface area (Å²) in [6.07, 6.45) is 0. The van der Waals surface area contributed by atoms with Gasteiger partial charge >= 0.3 is 0 Å². The Balaban J connectivity index is 2.51. The third-order valence-corrected chi connectivity index (χ3v) is 3.37. The summed E-state index contributed by atoms with van der Waals surface area (Å²) in [7, 11) is 0. The molecule has 0 aliphatic rings. The first-order valence-electron chi connectivity index (χ1n) is 5.64. The van der Waals surface area contributed by atoms with Gasteiger partial charge in [0.1, 0.15) is 0 Å². The molecule has 0 saturated carbocycles. The first-order chi connectivity index (χ1) is 7.65. The summed E-state index contributed by atoms with van der Waals surface area (Å²) in [6, 6.07) is 11.1. The van der Waals surface area contributed by atoms with Crippen LogP contribution in [0.1, 0.15) is 16.7 Å². The van der Waals surface area contributed by atoms with E-state index >= 15 is 0 Å². The van der Waals surface area contributed by atoms with Gasteiger partial charge in [-0.3, -0.25) is 0 Å². The third-order valence-electron chi connectivity index (χ3n) is 3.37. The molecule has 0 saturated heterocycles. The van der Waals surface area contributed by atoms with Crippen LogP contribution in [-0.2, 0) is 0 Å². The summed E-state index contributed by atoms with van der Waals surface area (Å²) in [5, 5.41) is 2.65. The molecule has 1 aromatic heterocycles. The molecule has 16 heavy (non-hydrogen) atoms. The largest absolute Gasteiger partial charge is 0.354 e. The number of nitrogens with one attached hydrogen (secondary N) is 1. The van der Waals surface area contributed by atoms with Crippen molar-refractivity contribution < 1.29 is 0 Å². The standard InChI is InChI=1S/C15H15N/c1-9-4-5-12-13-7-10(2)11(3)8-15(13)16-14(12)6-9/h4-8,16H,1-3H3. The molecule has 3 aromatic rings. The topological polar surface area (TPSA) is 15.8 Å². The van der Waals surface area contributed by atoms with Crippen LogP contribution in [0.5, 0.6) is 0 Å². The lowest BCUT2D eigenvalue weighted by atomic mass is 10.1. The molecule has 1 nitrogen and oxygen atoms in total. The zero-order valence-corrected chi connectivity index (χ0v) is 9.89. The van der Waals surface area contributed by atoms with E-state index in [1.807, 2.05) is 0 Å². The van der Waals surface area contributed by atoms with Gasteiger partial charge in [-0.2, -0.15) is 0 Å². The first kappa shape index (κ1) is 9.46. The van der Waals surface area contributed by atoms with Crippen LogP contribution in [0, 0.1) is 20.8 Å². The first-order valence-corrected chi connectivity index (χ1v) is 5.64. The number of aromatic nitrogens is 1. The van der Waals surface area contributed by atoms with Gasteiger partial charge in [-0.1, -0.05) is 12.1 Å². The lowest BCUT2D eigenvalue weighted by molar-refractivity contribution is 1.36. The highest BCUT2D eigenvalue weighted by Crippen LogP contribution is 2.28. The van der Waals surface area contributed by atoms with Crippen molar-refractivity contribution in [1.29, 1.82) is 0 Å². The minimum atomic E-state index is 1.24. The third kappa shape index (κ3) is 1.25. The Bertz CT molecular complexity index is 689. The molecule has 0 amide bonds. The van der Waals surface area contributed by atoms with Crippen LogP contribution in [0.4, 0.5) is 0 Å². The van der Waals surface area contributed by atoms with Gasteiger partial charge < -0.3 is 4.98 Å². The molecule has 0 unspecified atom stereocenters. The molecule has 0 aliphatic heterocycles. The Morgan fingerprint density at radius 1 is 0.750 bits per heavy atom. The van der Waals surface area contributed by atoms with E-state index in [1.165, 1.54) is 38.5 Å². The number of aryl methyl sites for hydroxylation is 3. The minimum absolute atomic E-state index is 1.24. The molecular formula is C15H15N. The summed E-state index contributed by atoms with van der Waals surface area (Å²) in [6.45, 7) is 6.45. The fourth-order valence-electron chi connectivity index (χ4n) is 2.28. The van der Waals surface area contributed by atoms with E-state index in [0.29, 0.717) is 0 Å². The Morgan fingerprint density at radius 3 is 2.25 bits per heavy atom. The van der Waals surface area contributed by atoms with Crippen molar-refractivity contribution in [3.8, 4) is 0 Å². The molecule has 0 radical (unpaired) electrons. The second-order valence-electron chi connectivity index (χ2n) is 4.66. The van der Waals surface area contributed by atoms with Crippen LogP contribution >= 0.6 is 0 Å². The Morgan fingerprint density at radius 2 is 1.44 bits per heavy atom. The van der Waals surface area contributed by atoms with Gasteiger partial charge in [0.15, 0.2) is 0 Å². The van der Waals surface area contributed by atoms with Gasteiger partial charge in [0, 0.05) is 21.8 Å². The highest BCUT2D eigenvalue weighted by Gasteiger charge is 2.05. The van der Waals surface area contributed by atoms with Crippen LogP contribution in [0.3, 0.4) is 0 Å². The van der Waals surface area contributed by atoms with Gasteiger partial charge in [0.2, 0.25) is 0 Å². The van der Waals surface area contributed by atoms with Crippen molar-refractivity contribution >= 4 is 21.8 Å². The maximum atomic E-state index is 3.49. The molecule has 1 N–H and O–H groups in total. The van der Waals surface area contributed by atoms with Crippen molar-refractivity contribution in [3.05, 3.63) is 47.0 Å². The number of fused-ring (bicyclic) bond motifs is 3. The van der Waals surface area contributed by atoms with Crippen molar-refractivity contribution in [2.24, 2.45) is 0 Å². The van der Waals surface area contributed by atoms with Gasteiger partial charge in [-0.05, 0) is 55.7 Å². The second kappa shape index (κ2) is 3.11. The number of aromatic amines is 1. The molecule has 0 bridgehead atoms. The predicted octanol–water partition coefficient (Wildman–Crippen LogP) is 4.25. The molecule has 80 valence electrons. The average Bonchev–Trinajstić information content (AvgIpc) is 2.55. The fourth-order valence-corrected chi connectivity index (χ4v) is 2.28. The van der Waals surface area contributed by atoms with Crippen LogP contribution in [0.15, 0.2) is 30.3 Å². The Labute approximate surface area is 95.1 Å². The number of H-pyrrole nitrogens is 1. The van der Waals surface area contributed by atoms with Gasteiger partial charge in [0.25, 0.3) is 0 Å². The Hall–Kier alpha value is -1.76. The molecule has 2 aromatic carbocycles. The minimum Gasteiger partial charge on any atom is -0.354 e. The van der Waals surface area contributed by atoms with Crippen molar-refractivity contribution in [2.75, 3.05) is 0 Å². The molecule has 3 rings (SSSR count). The normalized spacial score (nSPS) is 11.4. The van der Waals surface area contributed by atoms with Crippen LogP contribution in [0.25, 0.3) is 21.8 Å².